The molecule has 27 heavy (non-hydrogen) atoms. The lowest BCUT2D eigenvalue weighted by Gasteiger charge is -2.12. The maximum atomic E-state index is 5.06. The smallest absolute Gasteiger partial charge is 0.0974 e. The number of fused-ring (bicyclic) bond motifs is 3. The molecule has 0 saturated carbocycles. The zero-order valence-electron chi connectivity index (χ0n) is 16.9. The molecule has 1 N–H and O–H groups in total. The Morgan fingerprint density at radius 1 is 0.926 bits per heavy atom. The van der Waals surface area contributed by atoms with Gasteiger partial charge in [-0.1, -0.05) is 30.7 Å². The minimum absolute atomic E-state index is 0.959. The van der Waals surface area contributed by atoms with E-state index in [0.717, 1.165) is 35.4 Å². The van der Waals surface area contributed by atoms with Gasteiger partial charge in [-0.3, -0.25) is 0 Å². The largest absolute Gasteiger partial charge is 0.384 e. The van der Waals surface area contributed by atoms with E-state index in [-0.39, 0.29) is 0 Å². The Morgan fingerprint density at radius 3 is 2.37 bits per heavy atom. The Kier molecular flexibility index (Phi) is 4.39. The monoisotopic (exact) mass is 357 g/mol. The van der Waals surface area contributed by atoms with Crippen molar-refractivity contribution >= 4 is 22.2 Å². The van der Waals surface area contributed by atoms with Gasteiger partial charge in [0.25, 0.3) is 0 Å². The molecular weight excluding hydrogens is 330 g/mol. The van der Waals surface area contributed by atoms with Gasteiger partial charge in [-0.05, 0) is 69.0 Å². The minimum atomic E-state index is 0.959. The fraction of sp³-hybridized carbons (Fsp3) is 0.292. The second-order valence-corrected chi connectivity index (χ2v) is 7.52. The first-order chi connectivity index (χ1) is 13.0. The number of pyridine rings is 2. The Labute approximate surface area is 161 Å². The third-order valence-corrected chi connectivity index (χ3v) is 5.30. The molecule has 0 amide bonds. The molecule has 3 nitrogen and oxygen atoms in total. The summed E-state index contributed by atoms with van der Waals surface area (Å²) in [5, 5.41) is 3.52. The fourth-order valence-corrected chi connectivity index (χ4v) is 4.20. The minimum Gasteiger partial charge on any atom is -0.384 e. The van der Waals surface area contributed by atoms with Crippen LogP contribution in [0.1, 0.15) is 35.7 Å². The quantitative estimate of drug-likeness (QED) is 0.470. The van der Waals surface area contributed by atoms with Crippen molar-refractivity contribution < 1.29 is 0 Å². The summed E-state index contributed by atoms with van der Waals surface area (Å²) in [6.45, 7) is 11.8. The van der Waals surface area contributed by atoms with Gasteiger partial charge in [0.05, 0.1) is 27.9 Å². The van der Waals surface area contributed by atoms with E-state index in [1.807, 2.05) is 0 Å². The summed E-state index contributed by atoms with van der Waals surface area (Å²) in [5.74, 6) is 0. The number of hydrogen-bond donors (Lipinski definition) is 1. The Balaban J connectivity index is 2.10. The number of benzene rings is 1. The highest BCUT2D eigenvalue weighted by atomic mass is 14.9. The molecule has 4 aromatic rings. The van der Waals surface area contributed by atoms with Gasteiger partial charge < -0.3 is 9.72 Å². The highest BCUT2D eigenvalue weighted by molar-refractivity contribution is 6.05. The van der Waals surface area contributed by atoms with Crippen LogP contribution in [0.4, 0.5) is 5.69 Å². The molecule has 1 aromatic carbocycles. The number of anilines is 1. The van der Waals surface area contributed by atoms with Crippen LogP contribution < -0.4 is 5.32 Å². The second-order valence-electron chi connectivity index (χ2n) is 7.52. The van der Waals surface area contributed by atoms with E-state index < -0.39 is 0 Å². The zero-order chi connectivity index (χ0) is 19.1. The maximum Gasteiger partial charge on any atom is 0.0974 e. The molecule has 0 saturated heterocycles. The molecule has 138 valence electrons. The van der Waals surface area contributed by atoms with E-state index in [0.29, 0.717) is 0 Å². The summed E-state index contributed by atoms with van der Waals surface area (Å²) >= 11 is 0. The van der Waals surface area contributed by atoms with Gasteiger partial charge in [-0.25, -0.2) is 4.98 Å². The first kappa shape index (κ1) is 17.6. The van der Waals surface area contributed by atoms with Gasteiger partial charge in [0.2, 0.25) is 0 Å². The molecule has 3 heteroatoms. The van der Waals surface area contributed by atoms with Crippen molar-refractivity contribution in [2.75, 3.05) is 11.9 Å². The molecule has 0 atom stereocenters. The number of nitrogens with one attached hydrogen (secondary N) is 1. The third-order valence-electron chi connectivity index (χ3n) is 5.30. The molecule has 0 bridgehead atoms. The standard InChI is InChI=1S/C24H27N3/c1-6-10-25-19-14-21-24(26-18(19)5)23(20-9-7-8-11-27(20)21)22-16(3)12-15(2)13-17(22)4/h7-9,11-14,25H,6,10H2,1-5H3. The molecule has 0 aliphatic rings. The number of hydrogen-bond acceptors (Lipinski definition) is 2. The van der Waals surface area contributed by atoms with E-state index in [4.69, 9.17) is 4.98 Å². The van der Waals surface area contributed by atoms with E-state index in [2.05, 4.69) is 86.9 Å². The van der Waals surface area contributed by atoms with Crippen molar-refractivity contribution in [3.8, 4) is 11.1 Å². The summed E-state index contributed by atoms with van der Waals surface area (Å²) in [6, 6.07) is 13.2. The molecule has 0 fully saturated rings. The number of nitrogens with zero attached hydrogens (tertiary/aromatic N) is 2. The van der Waals surface area contributed by atoms with Crippen LogP contribution in [0.15, 0.2) is 42.6 Å². The molecular formula is C24H27N3. The number of aromatic nitrogens is 2. The molecule has 0 radical (unpaired) electrons. The van der Waals surface area contributed by atoms with Crippen LogP contribution in [0, 0.1) is 27.7 Å². The third kappa shape index (κ3) is 2.87. The van der Waals surface area contributed by atoms with Crippen molar-refractivity contribution in [2.24, 2.45) is 0 Å². The van der Waals surface area contributed by atoms with Crippen molar-refractivity contribution in [2.45, 2.75) is 41.0 Å². The van der Waals surface area contributed by atoms with Gasteiger partial charge in [0, 0.05) is 18.3 Å². The average molecular weight is 358 g/mol. The first-order valence-corrected chi connectivity index (χ1v) is 9.73. The van der Waals surface area contributed by atoms with Crippen molar-refractivity contribution in [1.29, 1.82) is 0 Å². The van der Waals surface area contributed by atoms with E-state index >= 15 is 0 Å². The predicted octanol–water partition coefficient (Wildman–Crippen LogP) is 6.21. The molecule has 0 unspecified atom stereocenters. The lowest BCUT2D eigenvalue weighted by molar-refractivity contribution is 0.974. The average Bonchev–Trinajstić information content (AvgIpc) is 2.93. The second kappa shape index (κ2) is 6.73. The molecule has 0 aliphatic carbocycles. The van der Waals surface area contributed by atoms with Crippen molar-refractivity contribution in [1.82, 2.24) is 9.38 Å². The van der Waals surface area contributed by atoms with E-state index in [1.165, 1.54) is 33.3 Å². The molecule has 3 heterocycles. The molecule has 0 spiro atoms. The van der Waals surface area contributed by atoms with Crippen LogP contribution in [0.2, 0.25) is 0 Å². The zero-order valence-corrected chi connectivity index (χ0v) is 16.9. The molecule has 3 aromatic heterocycles. The predicted molar refractivity (Wildman–Crippen MR) is 116 cm³/mol. The van der Waals surface area contributed by atoms with Crippen LogP contribution in [-0.4, -0.2) is 15.9 Å². The van der Waals surface area contributed by atoms with E-state index in [9.17, 15) is 0 Å². The summed E-state index contributed by atoms with van der Waals surface area (Å²) in [4.78, 5) is 5.06. The topological polar surface area (TPSA) is 29.3 Å². The number of rotatable bonds is 4. The lowest BCUT2D eigenvalue weighted by atomic mass is 9.93. The Bertz CT molecular complexity index is 1130. The van der Waals surface area contributed by atoms with Gasteiger partial charge in [0.1, 0.15) is 0 Å². The first-order valence-electron chi connectivity index (χ1n) is 9.73. The van der Waals surface area contributed by atoms with Crippen LogP contribution in [0.5, 0.6) is 0 Å². The van der Waals surface area contributed by atoms with Crippen LogP contribution in [0.25, 0.3) is 27.7 Å². The summed E-state index contributed by atoms with van der Waals surface area (Å²) in [6.07, 6.45) is 3.24. The van der Waals surface area contributed by atoms with Gasteiger partial charge >= 0.3 is 0 Å². The van der Waals surface area contributed by atoms with Crippen molar-refractivity contribution in [3.63, 3.8) is 0 Å². The Morgan fingerprint density at radius 2 is 1.67 bits per heavy atom. The lowest BCUT2D eigenvalue weighted by Crippen LogP contribution is -2.03. The highest BCUT2D eigenvalue weighted by Gasteiger charge is 2.19. The molecule has 4 rings (SSSR count). The summed E-state index contributed by atoms with van der Waals surface area (Å²) < 4.78 is 2.27. The van der Waals surface area contributed by atoms with E-state index in [1.54, 1.807) is 0 Å². The number of aryl methyl sites for hydroxylation is 4. The van der Waals surface area contributed by atoms with Crippen LogP contribution in [-0.2, 0) is 0 Å². The van der Waals surface area contributed by atoms with Crippen LogP contribution >= 0.6 is 0 Å². The normalized spacial score (nSPS) is 11.4. The van der Waals surface area contributed by atoms with Crippen molar-refractivity contribution in [3.05, 3.63) is 65.0 Å². The fourth-order valence-electron chi connectivity index (χ4n) is 4.20. The van der Waals surface area contributed by atoms with Gasteiger partial charge in [-0.15, -0.1) is 0 Å². The summed E-state index contributed by atoms with van der Waals surface area (Å²) in [7, 11) is 0. The SMILES string of the molecule is CCCNc1cc2c(nc1C)c(-c1c(C)cc(C)cc1C)c1ccccn12. The highest BCUT2D eigenvalue weighted by Crippen LogP contribution is 2.39. The van der Waals surface area contributed by atoms with Crippen LogP contribution in [0.3, 0.4) is 0 Å². The van der Waals surface area contributed by atoms with Gasteiger partial charge in [-0.2, -0.15) is 0 Å². The maximum absolute atomic E-state index is 5.06. The summed E-state index contributed by atoms with van der Waals surface area (Å²) in [5.41, 5.74) is 12.1. The molecule has 0 aliphatic heterocycles. The Hall–Kier alpha value is -2.81. The van der Waals surface area contributed by atoms with Gasteiger partial charge in [0.15, 0.2) is 0 Å².